The van der Waals surface area contributed by atoms with Gasteiger partial charge in [0.15, 0.2) is 0 Å². The van der Waals surface area contributed by atoms with E-state index in [0.29, 0.717) is 24.5 Å². The van der Waals surface area contributed by atoms with Crippen LogP contribution in [0.15, 0.2) is 60.8 Å². The van der Waals surface area contributed by atoms with E-state index in [4.69, 9.17) is 9.47 Å². The second kappa shape index (κ2) is 17.0. The summed E-state index contributed by atoms with van der Waals surface area (Å²) in [5.74, 6) is -2.02. The van der Waals surface area contributed by atoms with Crippen molar-refractivity contribution in [2.24, 2.45) is 10.8 Å². The van der Waals surface area contributed by atoms with Crippen molar-refractivity contribution in [3.05, 3.63) is 95.1 Å². The number of rotatable bonds is 7. The molecule has 0 spiro atoms. The molecule has 13 nitrogen and oxygen atoms in total. The van der Waals surface area contributed by atoms with Crippen molar-refractivity contribution < 1.29 is 42.2 Å². The molecule has 2 fully saturated rings. The zero-order chi connectivity index (χ0) is 39.1. The molecule has 1 N–H and O–H groups in total. The number of nitrogens with zero attached hydrogens (tertiary/aromatic N) is 5. The van der Waals surface area contributed by atoms with E-state index in [1.165, 1.54) is 63.7 Å². The molecule has 2 aliphatic heterocycles. The summed E-state index contributed by atoms with van der Waals surface area (Å²) in [5, 5.41) is 3.96. The fraction of sp³-hybridized carbons (Fsp3) is 0.447. The van der Waals surface area contributed by atoms with Crippen LogP contribution in [-0.4, -0.2) is 93.0 Å². The van der Waals surface area contributed by atoms with Crippen LogP contribution in [0.3, 0.4) is 0 Å². The molecule has 3 heterocycles. The van der Waals surface area contributed by atoms with Gasteiger partial charge in [-0.15, -0.1) is 0 Å². The second-order valence-corrected chi connectivity index (χ2v) is 14.9. The first-order valence-corrected chi connectivity index (χ1v) is 17.2. The fourth-order valence-electron chi connectivity index (χ4n) is 5.06. The van der Waals surface area contributed by atoms with Crippen LogP contribution in [0.25, 0.3) is 0 Å². The van der Waals surface area contributed by atoms with Gasteiger partial charge < -0.3 is 9.47 Å². The van der Waals surface area contributed by atoms with Crippen molar-refractivity contribution in [3.8, 4) is 0 Å². The number of esters is 2. The van der Waals surface area contributed by atoms with E-state index >= 15 is 0 Å². The molecule has 0 bridgehead atoms. The third kappa shape index (κ3) is 11.6. The smallest absolute Gasteiger partial charge is 0.311 e. The Balaban J connectivity index is 0.000000251. The molecule has 0 radical (unpaired) electrons. The molecule has 2 atom stereocenters. The van der Waals surface area contributed by atoms with E-state index in [2.05, 4.69) is 15.4 Å². The topological polar surface area (TPSA) is 151 Å². The third-order valence-electron chi connectivity index (χ3n) is 8.07. The largest absolute Gasteiger partial charge is 0.459 e. The van der Waals surface area contributed by atoms with E-state index in [0.717, 1.165) is 5.56 Å². The van der Waals surface area contributed by atoms with Gasteiger partial charge in [0.05, 0.1) is 49.9 Å². The van der Waals surface area contributed by atoms with E-state index in [9.17, 15) is 32.8 Å². The Hall–Kier alpha value is -5.31. The number of hydrazine groups is 2. The molecule has 2 aromatic carbocycles. The highest BCUT2D eigenvalue weighted by molar-refractivity contribution is 5.94. The maximum Gasteiger partial charge on any atom is 0.311 e. The summed E-state index contributed by atoms with van der Waals surface area (Å²) in [6.07, 6.45) is 0.590. The lowest BCUT2D eigenvalue weighted by Gasteiger charge is -2.27. The minimum Gasteiger partial charge on any atom is -0.459 e. The first kappa shape index (κ1) is 40.5. The highest BCUT2D eigenvalue weighted by atomic mass is 19.1. The van der Waals surface area contributed by atoms with Crippen molar-refractivity contribution in [1.29, 1.82) is 0 Å². The normalized spacial score (nSPS) is 17.2. The van der Waals surface area contributed by atoms with Crippen LogP contribution >= 0.6 is 0 Å². The van der Waals surface area contributed by atoms with Crippen molar-refractivity contribution in [2.75, 3.05) is 26.2 Å². The summed E-state index contributed by atoms with van der Waals surface area (Å²) in [7, 11) is 0. The number of hydrogen-bond acceptors (Lipinski definition) is 10. The summed E-state index contributed by atoms with van der Waals surface area (Å²) in [4.78, 5) is 70.5. The Morgan fingerprint density at radius 1 is 0.717 bits per heavy atom. The number of carbonyl (C=O) groups is 5. The Morgan fingerprint density at radius 2 is 1.21 bits per heavy atom. The summed E-state index contributed by atoms with van der Waals surface area (Å²) in [6, 6.07) is 12.9. The van der Waals surface area contributed by atoms with Gasteiger partial charge in [-0.1, -0.05) is 24.3 Å². The van der Waals surface area contributed by atoms with Crippen molar-refractivity contribution >= 4 is 29.7 Å². The van der Waals surface area contributed by atoms with Crippen molar-refractivity contribution in [1.82, 2.24) is 30.4 Å². The number of benzene rings is 2. The lowest BCUT2D eigenvalue weighted by Crippen LogP contribution is -2.45. The van der Waals surface area contributed by atoms with Gasteiger partial charge in [-0.05, 0) is 89.9 Å². The maximum atomic E-state index is 13.2. The summed E-state index contributed by atoms with van der Waals surface area (Å²) in [6.45, 7) is 13.0. The van der Waals surface area contributed by atoms with Gasteiger partial charge in [0.2, 0.25) is 11.8 Å². The summed E-state index contributed by atoms with van der Waals surface area (Å²) >= 11 is 0. The van der Waals surface area contributed by atoms with Gasteiger partial charge in [-0.2, -0.15) is 0 Å². The average Bonchev–Trinajstić information content (AvgIpc) is 3.73. The summed E-state index contributed by atoms with van der Waals surface area (Å²) in [5.41, 5.74) is 3.12. The molecule has 2 unspecified atom stereocenters. The minimum atomic E-state index is -0.718. The minimum absolute atomic E-state index is 0.0266. The van der Waals surface area contributed by atoms with Gasteiger partial charge in [0.1, 0.15) is 35.4 Å². The van der Waals surface area contributed by atoms with Gasteiger partial charge in [0, 0.05) is 6.20 Å². The molecule has 1 aromatic heterocycles. The highest BCUT2D eigenvalue weighted by Gasteiger charge is 2.41. The van der Waals surface area contributed by atoms with E-state index in [1.807, 2.05) is 0 Å². The molecule has 0 aliphatic carbocycles. The first-order valence-electron chi connectivity index (χ1n) is 17.2. The molecular weight excluding hydrogens is 690 g/mol. The predicted octanol–water partition coefficient (Wildman–Crippen LogP) is 4.00. The number of hydrogen-bond donors (Lipinski definition) is 1. The average molecular weight is 737 g/mol. The van der Waals surface area contributed by atoms with E-state index < -0.39 is 34.6 Å². The monoisotopic (exact) mass is 736 g/mol. The number of aryl methyl sites for hydroxylation is 1. The van der Waals surface area contributed by atoms with Gasteiger partial charge in [0.25, 0.3) is 5.91 Å². The molecule has 3 amide bonds. The number of nitrogens with one attached hydrogen (secondary N) is 1. The predicted molar refractivity (Wildman–Crippen MR) is 188 cm³/mol. The zero-order valence-corrected chi connectivity index (χ0v) is 31.0. The number of carbonyl (C=O) groups excluding carboxylic acids is 5. The highest BCUT2D eigenvalue weighted by Crippen LogP contribution is 2.23. The molecule has 2 aliphatic rings. The molecule has 53 heavy (non-hydrogen) atoms. The Kier molecular flexibility index (Phi) is 13.0. The van der Waals surface area contributed by atoms with Crippen LogP contribution in [0, 0.1) is 29.4 Å². The SMILES string of the molecule is CC(C)(C)C(=O)OC1CNN(C(=O)Cc2ccc(F)cc2)C1.Cc1nccc(C(=O)N2CC(OC(=O)C(C)(C)C)CN2C(=O)Cc2ccc(F)cc2)n1. The van der Waals surface area contributed by atoms with Crippen molar-refractivity contribution in [2.45, 2.75) is 73.5 Å². The molecule has 15 heteroatoms. The van der Waals surface area contributed by atoms with Crippen molar-refractivity contribution in [3.63, 3.8) is 0 Å². The number of ether oxygens (including phenoxy) is 2. The molecule has 5 rings (SSSR count). The summed E-state index contributed by atoms with van der Waals surface area (Å²) < 4.78 is 36.9. The molecular formula is C38H46F2N6O7. The van der Waals surface area contributed by atoms with E-state index in [-0.39, 0.29) is 61.3 Å². The number of halogens is 2. The number of amides is 3. The van der Waals surface area contributed by atoms with Crippen LogP contribution in [0.4, 0.5) is 8.78 Å². The van der Waals surface area contributed by atoms with Gasteiger partial charge in [-0.3, -0.25) is 29.0 Å². The molecule has 2 saturated heterocycles. The Morgan fingerprint density at radius 3 is 1.72 bits per heavy atom. The lowest BCUT2D eigenvalue weighted by atomic mass is 9.97. The van der Waals surface area contributed by atoms with Crippen LogP contribution in [0.1, 0.15) is 69.0 Å². The molecule has 3 aromatic rings. The number of aromatic nitrogens is 2. The first-order chi connectivity index (χ1) is 24.8. The Bertz CT molecular complexity index is 1790. The fourth-order valence-corrected chi connectivity index (χ4v) is 5.06. The quantitative estimate of drug-likeness (QED) is 0.353. The maximum absolute atomic E-state index is 13.2. The van der Waals surface area contributed by atoms with Crippen LogP contribution < -0.4 is 5.43 Å². The van der Waals surface area contributed by atoms with E-state index in [1.54, 1.807) is 60.6 Å². The van der Waals surface area contributed by atoms with Crippen LogP contribution in [0.2, 0.25) is 0 Å². The van der Waals surface area contributed by atoms with Crippen LogP contribution in [-0.2, 0) is 41.5 Å². The van der Waals surface area contributed by atoms with Crippen LogP contribution in [0.5, 0.6) is 0 Å². The molecule has 0 saturated carbocycles. The zero-order valence-electron chi connectivity index (χ0n) is 31.0. The second-order valence-electron chi connectivity index (χ2n) is 14.9. The Labute approximate surface area is 307 Å². The third-order valence-corrected chi connectivity index (χ3v) is 8.07. The standard InChI is InChI=1S/C22H25FN4O4.C16H21FN2O3/c1-14-24-10-9-18(25-14)20(29)27-13-17(31-21(30)22(2,3)4)12-26(27)19(28)11-15-5-7-16(23)8-6-15;1-16(2,3)15(21)22-13-9-18-19(10-13)14(20)8-11-4-6-12(17)7-5-11/h5-10,17H,11-13H2,1-4H3;4-7,13,18H,8-10H2,1-3H3. The lowest BCUT2D eigenvalue weighted by molar-refractivity contribution is -0.158. The van der Waals surface area contributed by atoms with Gasteiger partial charge in [-0.25, -0.2) is 34.2 Å². The van der Waals surface area contributed by atoms with Gasteiger partial charge >= 0.3 is 11.9 Å². The molecule has 284 valence electrons.